The fourth-order valence-corrected chi connectivity index (χ4v) is 5.15. The van der Waals surface area contributed by atoms with Crippen molar-refractivity contribution < 1.29 is 14.3 Å². The molecule has 0 saturated carbocycles. The third-order valence-electron chi connectivity index (χ3n) is 6.20. The van der Waals surface area contributed by atoms with Crippen molar-refractivity contribution in [3.05, 3.63) is 65.0 Å². The van der Waals surface area contributed by atoms with Gasteiger partial charge in [-0.2, -0.15) is 0 Å². The fourth-order valence-electron chi connectivity index (χ4n) is 4.25. The molecule has 0 spiro atoms. The molecule has 0 radical (unpaired) electrons. The Morgan fingerprint density at radius 2 is 1.71 bits per heavy atom. The molecule has 4 rings (SSSR count). The molecule has 8 nitrogen and oxygen atoms in total. The van der Waals surface area contributed by atoms with E-state index in [0.717, 1.165) is 29.1 Å². The predicted octanol–water partition coefficient (Wildman–Crippen LogP) is 3.67. The molecule has 2 amide bonds. The SMILES string of the molecule is COc1ccccc1C(=O)N1CCCN(C(=O)CSc2nnc(C)n2-c2cc(C)ccc2C)CC1. The van der Waals surface area contributed by atoms with Crippen LogP contribution in [0.4, 0.5) is 0 Å². The van der Waals surface area contributed by atoms with Gasteiger partial charge in [-0.05, 0) is 56.5 Å². The summed E-state index contributed by atoms with van der Waals surface area (Å²) in [6, 6.07) is 13.5. The summed E-state index contributed by atoms with van der Waals surface area (Å²) < 4.78 is 7.36. The van der Waals surface area contributed by atoms with E-state index in [9.17, 15) is 9.59 Å². The molecule has 3 aromatic rings. The van der Waals surface area contributed by atoms with E-state index >= 15 is 0 Å². The molecule has 0 N–H and O–H groups in total. The van der Waals surface area contributed by atoms with Gasteiger partial charge < -0.3 is 14.5 Å². The molecule has 2 aromatic carbocycles. The number of rotatable bonds is 6. The van der Waals surface area contributed by atoms with E-state index in [1.54, 1.807) is 24.1 Å². The minimum atomic E-state index is -0.0665. The molecule has 0 aliphatic carbocycles. The standard InChI is InChI=1S/C26H31N5O3S/c1-18-10-11-19(2)22(16-18)31-20(3)27-28-26(31)35-17-24(32)29-12-7-13-30(15-14-29)25(33)21-8-5-6-9-23(21)34-4/h5-6,8-11,16H,7,12-15,17H2,1-4H3. The summed E-state index contributed by atoms with van der Waals surface area (Å²) in [7, 11) is 1.56. The van der Waals surface area contributed by atoms with E-state index in [0.29, 0.717) is 42.6 Å². The third kappa shape index (κ3) is 5.51. The predicted molar refractivity (Wildman–Crippen MR) is 136 cm³/mol. The number of nitrogens with zero attached hydrogens (tertiary/aromatic N) is 5. The summed E-state index contributed by atoms with van der Waals surface area (Å²) in [6.45, 7) is 8.26. The van der Waals surface area contributed by atoms with E-state index in [4.69, 9.17) is 4.74 Å². The van der Waals surface area contributed by atoms with Gasteiger partial charge >= 0.3 is 0 Å². The molecule has 0 atom stereocenters. The first kappa shape index (κ1) is 24.8. The highest BCUT2D eigenvalue weighted by Gasteiger charge is 2.25. The van der Waals surface area contributed by atoms with Crippen LogP contribution in [0.5, 0.6) is 5.75 Å². The Labute approximate surface area is 210 Å². The molecule has 184 valence electrons. The van der Waals surface area contributed by atoms with Crippen molar-refractivity contribution in [1.82, 2.24) is 24.6 Å². The minimum Gasteiger partial charge on any atom is -0.496 e. The quantitative estimate of drug-likeness (QED) is 0.488. The largest absolute Gasteiger partial charge is 0.496 e. The molecular formula is C26H31N5O3S. The molecule has 0 bridgehead atoms. The molecule has 2 heterocycles. The van der Waals surface area contributed by atoms with Gasteiger partial charge in [-0.1, -0.05) is 36.0 Å². The second-order valence-corrected chi connectivity index (χ2v) is 9.61. The zero-order valence-electron chi connectivity index (χ0n) is 20.7. The average Bonchev–Trinajstić information content (AvgIpc) is 3.06. The van der Waals surface area contributed by atoms with E-state index < -0.39 is 0 Å². The average molecular weight is 494 g/mol. The Hall–Kier alpha value is -3.33. The van der Waals surface area contributed by atoms with Crippen LogP contribution in [-0.2, 0) is 4.79 Å². The van der Waals surface area contributed by atoms with Crippen molar-refractivity contribution >= 4 is 23.6 Å². The maximum absolute atomic E-state index is 13.1. The Bertz CT molecular complexity index is 1230. The number of hydrogen-bond acceptors (Lipinski definition) is 6. The number of aryl methyl sites for hydroxylation is 3. The first-order valence-corrected chi connectivity index (χ1v) is 12.7. The number of amides is 2. The van der Waals surface area contributed by atoms with Crippen LogP contribution < -0.4 is 4.74 Å². The monoisotopic (exact) mass is 493 g/mol. The lowest BCUT2D eigenvalue weighted by atomic mass is 10.1. The van der Waals surface area contributed by atoms with Gasteiger partial charge in [0.25, 0.3) is 5.91 Å². The van der Waals surface area contributed by atoms with Crippen LogP contribution in [0.25, 0.3) is 5.69 Å². The smallest absolute Gasteiger partial charge is 0.257 e. The zero-order chi connectivity index (χ0) is 24.9. The summed E-state index contributed by atoms with van der Waals surface area (Å²) in [5, 5.41) is 9.28. The number of hydrogen-bond donors (Lipinski definition) is 0. The van der Waals surface area contributed by atoms with Crippen molar-refractivity contribution in [3.8, 4) is 11.4 Å². The van der Waals surface area contributed by atoms with Gasteiger partial charge in [0.05, 0.1) is 24.1 Å². The molecule has 1 aliphatic rings. The first-order valence-electron chi connectivity index (χ1n) is 11.7. The van der Waals surface area contributed by atoms with Gasteiger partial charge in [-0.3, -0.25) is 14.2 Å². The summed E-state index contributed by atoms with van der Waals surface area (Å²) in [5.41, 5.74) is 3.86. The molecule has 1 aromatic heterocycles. The lowest BCUT2D eigenvalue weighted by molar-refractivity contribution is -0.128. The number of carbonyl (C=O) groups excluding carboxylic acids is 2. The second-order valence-electron chi connectivity index (χ2n) is 8.67. The van der Waals surface area contributed by atoms with Crippen molar-refractivity contribution in [3.63, 3.8) is 0 Å². The highest BCUT2D eigenvalue weighted by molar-refractivity contribution is 7.99. The number of methoxy groups -OCH3 is 1. The van der Waals surface area contributed by atoms with Gasteiger partial charge in [-0.15, -0.1) is 10.2 Å². The van der Waals surface area contributed by atoms with E-state index in [1.807, 2.05) is 28.5 Å². The van der Waals surface area contributed by atoms with Crippen LogP contribution in [-0.4, -0.2) is 75.4 Å². The summed E-state index contributed by atoms with van der Waals surface area (Å²) >= 11 is 1.40. The Morgan fingerprint density at radius 1 is 0.971 bits per heavy atom. The van der Waals surface area contributed by atoms with Crippen molar-refractivity contribution in [1.29, 1.82) is 0 Å². The first-order chi connectivity index (χ1) is 16.9. The van der Waals surface area contributed by atoms with Crippen LogP contribution in [0.1, 0.15) is 33.7 Å². The maximum atomic E-state index is 13.1. The molecule has 35 heavy (non-hydrogen) atoms. The van der Waals surface area contributed by atoms with Gasteiger partial charge in [0.1, 0.15) is 11.6 Å². The van der Waals surface area contributed by atoms with Crippen molar-refractivity contribution in [2.24, 2.45) is 0 Å². The van der Waals surface area contributed by atoms with E-state index in [-0.39, 0.29) is 17.6 Å². The molecule has 9 heteroatoms. The Morgan fingerprint density at radius 3 is 2.51 bits per heavy atom. The number of ether oxygens (including phenoxy) is 1. The van der Waals surface area contributed by atoms with Gasteiger partial charge in [-0.25, -0.2) is 0 Å². The molecule has 0 unspecified atom stereocenters. The number of aromatic nitrogens is 3. The number of benzene rings is 2. The Kier molecular flexibility index (Phi) is 7.75. The Balaban J connectivity index is 1.40. The van der Waals surface area contributed by atoms with E-state index in [1.165, 1.54) is 11.8 Å². The summed E-state index contributed by atoms with van der Waals surface area (Å²) in [6.07, 6.45) is 0.731. The van der Waals surface area contributed by atoms with Crippen LogP contribution >= 0.6 is 11.8 Å². The minimum absolute atomic E-state index is 0.0368. The summed E-state index contributed by atoms with van der Waals surface area (Å²) in [5.74, 6) is 1.59. The van der Waals surface area contributed by atoms with Crippen molar-refractivity contribution in [2.75, 3.05) is 39.0 Å². The highest BCUT2D eigenvalue weighted by Crippen LogP contribution is 2.25. The van der Waals surface area contributed by atoms with Gasteiger partial charge in [0.2, 0.25) is 5.91 Å². The van der Waals surface area contributed by atoms with Crippen LogP contribution in [0.15, 0.2) is 47.6 Å². The maximum Gasteiger partial charge on any atom is 0.257 e. The normalized spacial score (nSPS) is 14.1. The van der Waals surface area contributed by atoms with Crippen LogP contribution in [0, 0.1) is 20.8 Å². The lowest BCUT2D eigenvalue weighted by Crippen LogP contribution is -2.38. The lowest BCUT2D eigenvalue weighted by Gasteiger charge is -2.23. The fraction of sp³-hybridized carbons (Fsp3) is 0.385. The molecule has 1 saturated heterocycles. The topological polar surface area (TPSA) is 80.6 Å². The van der Waals surface area contributed by atoms with Crippen molar-refractivity contribution in [2.45, 2.75) is 32.3 Å². The number of thioether (sulfide) groups is 1. The third-order valence-corrected chi connectivity index (χ3v) is 7.11. The highest BCUT2D eigenvalue weighted by atomic mass is 32.2. The van der Waals surface area contributed by atoms with E-state index in [2.05, 4.69) is 42.2 Å². The molecule has 1 aliphatic heterocycles. The zero-order valence-corrected chi connectivity index (χ0v) is 21.5. The van der Waals surface area contributed by atoms with Crippen LogP contribution in [0.3, 0.4) is 0 Å². The molecular weight excluding hydrogens is 462 g/mol. The number of carbonyl (C=O) groups is 2. The van der Waals surface area contributed by atoms with Gasteiger partial charge in [0.15, 0.2) is 5.16 Å². The molecule has 1 fully saturated rings. The second kappa shape index (κ2) is 10.9. The van der Waals surface area contributed by atoms with Gasteiger partial charge in [0, 0.05) is 26.2 Å². The summed E-state index contributed by atoms with van der Waals surface area (Å²) in [4.78, 5) is 29.8. The van der Waals surface area contributed by atoms with Crippen LogP contribution in [0.2, 0.25) is 0 Å². The number of para-hydroxylation sites is 1.